The van der Waals surface area contributed by atoms with Gasteiger partial charge in [0.15, 0.2) is 0 Å². The Labute approximate surface area is 90.3 Å². The Morgan fingerprint density at radius 2 is 2.07 bits per heavy atom. The fourth-order valence-electron chi connectivity index (χ4n) is 3.42. The Kier molecular flexibility index (Phi) is 1.39. The van der Waals surface area contributed by atoms with Gasteiger partial charge in [-0.3, -0.25) is 0 Å². The molecule has 3 aliphatic carbocycles. The van der Waals surface area contributed by atoms with Crippen molar-refractivity contribution in [2.75, 3.05) is 0 Å². The molecule has 0 saturated heterocycles. The molecule has 0 spiro atoms. The summed E-state index contributed by atoms with van der Waals surface area (Å²) < 4.78 is 0. The van der Waals surface area contributed by atoms with E-state index in [-0.39, 0.29) is 0 Å². The molecule has 3 aliphatic rings. The summed E-state index contributed by atoms with van der Waals surface area (Å²) in [5.41, 5.74) is 6.24. The Morgan fingerprint density at radius 1 is 1.07 bits per heavy atom. The molecule has 1 aromatic carbocycles. The summed E-state index contributed by atoms with van der Waals surface area (Å²) in [4.78, 5) is 0. The Morgan fingerprint density at radius 3 is 3.07 bits per heavy atom. The predicted molar refractivity (Wildman–Crippen MR) is 62.9 cm³/mol. The van der Waals surface area contributed by atoms with E-state index in [2.05, 4.69) is 36.4 Å². The van der Waals surface area contributed by atoms with Gasteiger partial charge >= 0.3 is 0 Å². The van der Waals surface area contributed by atoms with Crippen molar-refractivity contribution in [2.45, 2.75) is 25.2 Å². The summed E-state index contributed by atoms with van der Waals surface area (Å²) in [6.45, 7) is 0. The molecule has 0 fully saturated rings. The average Bonchev–Trinajstić information content (AvgIpc) is 2.86. The van der Waals surface area contributed by atoms with Crippen LogP contribution in [0, 0.1) is 5.92 Å². The quantitative estimate of drug-likeness (QED) is 0.555. The van der Waals surface area contributed by atoms with Crippen LogP contribution in [-0.2, 0) is 12.8 Å². The zero-order valence-corrected chi connectivity index (χ0v) is 8.74. The van der Waals surface area contributed by atoms with Gasteiger partial charge in [-0.1, -0.05) is 36.4 Å². The molecule has 0 heteroatoms. The predicted octanol–water partition coefficient (Wildman–Crippen LogP) is 3.47. The topological polar surface area (TPSA) is 0 Å². The van der Waals surface area contributed by atoms with Crippen molar-refractivity contribution in [2.24, 2.45) is 5.92 Å². The lowest BCUT2D eigenvalue weighted by Gasteiger charge is -2.09. The maximum absolute atomic E-state index is 2.46. The first-order chi connectivity index (χ1) is 7.42. The highest BCUT2D eigenvalue weighted by molar-refractivity contribution is 5.63. The van der Waals surface area contributed by atoms with E-state index in [1.807, 2.05) is 0 Å². The molecule has 0 bridgehead atoms. The molecule has 0 aliphatic heterocycles. The standard InChI is InChI=1S/C15H14/c1-3-10-7-13-8-12-5-2-6-14(12)15(13)9-11(10)4-1/h1-2,4,6-7,9,12,14H,3,5,8H2. The summed E-state index contributed by atoms with van der Waals surface area (Å²) >= 11 is 0. The highest BCUT2D eigenvalue weighted by atomic mass is 14.4. The fraction of sp³-hybridized carbons (Fsp3) is 0.333. The van der Waals surface area contributed by atoms with Crippen molar-refractivity contribution in [3.05, 3.63) is 52.6 Å². The van der Waals surface area contributed by atoms with Crippen molar-refractivity contribution in [1.29, 1.82) is 0 Å². The lowest BCUT2D eigenvalue weighted by molar-refractivity contribution is 0.553. The van der Waals surface area contributed by atoms with Crippen LogP contribution in [0.2, 0.25) is 0 Å². The van der Waals surface area contributed by atoms with Gasteiger partial charge in [-0.2, -0.15) is 0 Å². The number of rotatable bonds is 0. The van der Waals surface area contributed by atoms with Crippen LogP contribution >= 0.6 is 0 Å². The zero-order valence-electron chi connectivity index (χ0n) is 8.74. The maximum atomic E-state index is 2.46. The van der Waals surface area contributed by atoms with Crippen molar-refractivity contribution < 1.29 is 0 Å². The van der Waals surface area contributed by atoms with Crippen molar-refractivity contribution in [3.8, 4) is 0 Å². The fourth-order valence-corrected chi connectivity index (χ4v) is 3.42. The molecule has 0 aromatic heterocycles. The van der Waals surface area contributed by atoms with E-state index in [0.717, 1.165) is 18.3 Å². The molecule has 74 valence electrons. The Hall–Kier alpha value is -1.30. The van der Waals surface area contributed by atoms with Crippen LogP contribution in [0.15, 0.2) is 30.4 Å². The van der Waals surface area contributed by atoms with E-state index in [4.69, 9.17) is 0 Å². The first-order valence-electron chi connectivity index (χ1n) is 5.91. The van der Waals surface area contributed by atoms with Gasteiger partial charge in [-0.15, -0.1) is 0 Å². The van der Waals surface area contributed by atoms with Gasteiger partial charge < -0.3 is 0 Å². The molecule has 0 amide bonds. The molecule has 0 radical (unpaired) electrons. The second-order valence-corrected chi connectivity index (χ2v) is 5.01. The van der Waals surface area contributed by atoms with Gasteiger partial charge in [-0.05, 0) is 47.4 Å². The van der Waals surface area contributed by atoms with Crippen molar-refractivity contribution in [3.63, 3.8) is 0 Å². The van der Waals surface area contributed by atoms with Gasteiger partial charge in [0.1, 0.15) is 0 Å². The molecule has 15 heavy (non-hydrogen) atoms. The van der Waals surface area contributed by atoms with Crippen LogP contribution in [0.3, 0.4) is 0 Å². The summed E-state index contributed by atoms with van der Waals surface area (Å²) in [5, 5.41) is 0. The summed E-state index contributed by atoms with van der Waals surface area (Å²) in [6.07, 6.45) is 13.1. The van der Waals surface area contributed by atoms with E-state index >= 15 is 0 Å². The van der Waals surface area contributed by atoms with E-state index in [1.165, 1.54) is 24.0 Å². The molecule has 0 heterocycles. The van der Waals surface area contributed by atoms with E-state index < -0.39 is 0 Å². The normalized spacial score (nSPS) is 29.3. The van der Waals surface area contributed by atoms with Crippen LogP contribution in [0.1, 0.15) is 34.6 Å². The lowest BCUT2D eigenvalue weighted by Crippen LogP contribution is -1.98. The highest BCUT2D eigenvalue weighted by Crippen LogP contribution is 2.45. The molecule has 2 atom stereocenters. The van der Waals surface area contributed by atoms with Crippen LogP contribution in [0.5, 0.6) is 0 Å². The minimum absolute atomic E-state index is 0.735. The Balaban J connectivity index is 1.92. The number of benzene rings is 1. The lowest BCUT2D eigenvalue weighted by atomic mass is 9.95. The third kappa shape index (κ3) is 0.971. The third-order valence-corrected chi connectivity index (χ3v) is 4.17. The van der Waals surface area contributed by atoms with Crippen LogP contribution in [-0.4, -0.2) is 0 Å². The smallest absolute Gasteiger partial charge is 0.00553 e. The number of fused-ring (bicyclic) bond motifs is 4. The van der Waals surface area contributed by atoms with E-state index in [0.29, 0.717) is 0 Å². The minimum Gasteiger partial charge on any atom is -0.0876 e. The second kappa shape index (κ2) is 2.63. The Bertz CT molecular complexity index is 491. The molecule has 1 aromatic rings. The molecule has 0 nitrogen and oxygen atoms in total. The van der Waals surface area contributed by atoms with E-state index in [1.54, 1.807) is 11.1 Å². The van der Waals surface area contributed by atoms with Gasteiger partial charge in [0, 0.05) is 5.92 Å². The van der Waals surface area contributed by atoms with Gasteiger partial charge in [-0.25, -0.2) is 0 Å². The minimum atomic E-state index is 0.735. The number of hydrogen-bond acceptors (Lipinski definition) is 0. The summed E-state index contributed by atoms with van der Waals surface area (Å²) in [7, 11) is 0. The second-order valence-electron chi connectivity index (χ2n) is 5.01. The van der Waals surface area contributed by atoms with Crippen molar-refractivity contribution >= 4 is 6.08 Å². The maximum Gasteiger partial charge on any atom is 0.00553 e. The SMILES string of the molecule is C1=Cc2cc3c(cc2C1)CC1CC=CC31. The summed E-state index contributed by atoms with van der Waals surface area (Å²) in [5.74, 6) is 1.62. The third-order valence-electron chi connectivity index (χ3n) is 4.17. The largest absolute Gasteiger partial charge is 0.0876 e. The van der Waals surface area contributed by atoms with E-state index in [9.17, 15) is 0 Å². The van der Waals surface area contributed by atoms with Crippen LogP contribution in [0.4, 0.5) is 0 Å². The van der Waals surface area contributed by atoms with Gasteiger partial charge in [0.05, 0.1) is 0 Å². The number of allylic oxidation sites excluding steroid dienone is 3. The molecule has 4 rings (SSSR count). The summed E-state index contributed by atoms with van der Waals surface area (Å²) in [6, 6.07) is 4.89. The molecule has 0 N–H and O–H groups in total. The molecular formula is C15H14. The van der Waals surface area contributed by atoms with Crippen LogP contribution in [0.25, 0.3) is 6.08 Å². The first kappa shape index (κ1) is 7.92. The monoisotopic (exact) mass is 194 g/mol. The highest BCUT2D eigenvalue weighted by Gasteiger charge is 2.33. The molecule has 2 unspecified atom stereocenters. The van der Waals surface area contributed by atoms with Crippen LogP contribution < -0.4 is 0 Å². The molecular weight excluding hydrogens is 180 g/mol. The first-order valence-corrected chi connectivity index (χ1v) is 5.91. The molecule has 0 saturated carbocycles. The van der Waals surface area contributed by atoms with Gasteiger partial charge in [0.2, 0.25) is 0 Å². The average molecular weight is 194 g/mol. The van der Waals surface area contributed by atoms with Gasteiger partial charge in [0.25, 0.3) is 0 Å². The number of hydrogen-bond donors (Lipinski definition) is 0. The zero-order chi connectivity index (χ0) is 9.83. The van der Waals surface area contributed by atoms with Crippen molar-refractivity contribution in [1.82, 2.24) is 0 Å².